The first-order chi connectivity index (χ1) is 12.1. The Morgan fingerprint density at radius 3 is 2.32 bits per heavy atom. The molecule has 2 heterocycles. The molecule has 0 atom stereocenters. The molecule has 0 fully saturated rings. The molecule has 0 bridgehead atoms. The van der Waals surface area contributed by atoms with Gasteiger partial charge in [-0.15, -0.1) is 0 Å². The third kappa shape index (κ3) is 2.57. The fraction of sp³-hybridized carbons (Fsp3) is 0.0526. The number of halogens is 3. The number of nitrogens with zero attached hydrogens (tertiary/aromatic N) is 3. The van der Waals surface area contributed by atoms with Crippen LogP contribution in [-0.2, 0) is 0 Å². The zero-order valence-corrected chi connectivity index (χ0v) is 13.9. The van der Waals surface area contributed by atoms with Crippen LogP contribution in [0.2, 0.25) is 5.15 Å². The number of imidazole rings is 1. The van der Waals surface area contributed by atoms with Gasteiger partial charge in [0.25, 0.3) is 0 Å². The molecule has 0 aliphatic heterocycles. The molecule has 0 aliphatic carbocycles. The van der Waals surface area contributed by atoms with E-state index in [1.807, 2.05) is 31.2 Å². The Labute approximate surface area is 147 Å². The molecular weight excluding hydrogens is 344 g/mol. The standard InChI is InChI=1S/C19H12ClF2N3/c1-11-5-7-12(8-6-11)17-16(15-13(21)3-2-4-14(15)22)18(20)24-19-23-9-10-25(17)19/h2-10H,1H3. The van der Waals surface area contributed by atoms with Crippen LogP contribution >= 0.6 is 11.6 Å². The molecule has 0 spiro atoms. The van der Waals surface area contributed by atoms with Crippen molar-refractivity contribution in [3.63, 3.8) is 0 Å². The number of benzene rings is 2. The molecule has 0 saturated carbocycles. The minimum absolute atomic E-state index is 0.00160. The largest absolute Gasteiger partial charge is 0.283 e. The van der Waals surface area contributed by atoms with E-state index in [0.717, 1.165) is 11.1 Å². The first-order valence-corrected chi connectivity index (χ1v) is 7.98. The predicted molar refractivity (Wildman–Crippen MR) is 93.5 cm³/mol. The summed E-state index contributed by atoms with van der Waals surface area (Å²) >= 11 is 6.33. The van der Waals surface area contributed by atoms with Crippen LogP contribution in [0.4, 0.5) is 8.78 Å². The van der Waals surface area contributed by atoms with E-state index in [1.165, 1.54) is 18.2 Å². The van der Waals surface area contributed by atoms with Gasteiger partial charge in [0.2, 0.25) is 5.78 Å². The molecule has 0 unspecified atom stereocenters. The zero-order chi connectivity index (χ0) is 17.6. The highest BCUT2D eigenvalue weighted by atomic mass is 35.5. The number of aryl methyl sites for hydroxylation is 1. The lowest BCUT2D eigenvalue weighted by molar-refractivity contribution is 0.589. The molecule has 0 radical (unpaired) electrons. The maximum absolute atomic E-state index is 14.5. The van der Waals surface area contributed by atoms with Gasteiger partial charge in [-0.2, -0.15) is 4.98 Å². The Morgan fingerprint density at radius 1 is 0.960 bits per heavy atom. The van der Waals surface area contributed by atoms with Gasteiger partial charge in [0.1, 0.15) is 16.8 Å². The molecule has 4 aromatic rings. The van der Waals surface area contributed by atoms with Crippen molar-refractivity contribution in [2.24, 2.45) is 0 Å². The first kappa shape index (κ1) is 15.7. The molecule has 124 valence electrons. The zero-order valence-electron chi connectivity index (χ0n) is 13.2. The Bertz CT molecular complexity index is 1070. The topological polar surface area (TPSA) is 30.2 Å². The van der Waals surface area contributed by atoms with Crippen molar-refractivity contribution in [2.45, 2.75) is 6.92 Å². The van der Waals surface area contributed by atoms with Crippen molar-refractivity contribution >= 4 is 17.4 Å². The maximum Gasteiger partial charge on any atom is 0.235 e. The van der Waals surface area contributed by atoms with Crippen LogP contribution in [0.1, 0.15) is 5.56 Å². The fourth-order valence-electron chi connectivity index (χ4n) is 2.87. The Kier molecular flexibility index (Phi) is 3.73. The van der Waals surface area contributed by atoms with E-state index in [9.17, 15) is 8.78 Å². The summed E-state index contributed by atoms with van der Waals surface area (Å²) < 4.78 is 30.6. The highest BCUT2D eigenvalue weighted by Gasteiger charge is 2.23. The smallest absolute Gasteiger partial charge is 0.235 e. The average molecular weight is 356 g/mol. The Morgan fingerprint density at radius 2 is 1.64 bits per heavy atom. The minimum atomic E-state index is -0.698. The molecule has 3 nitrogen and oxygen atoms in total. The van der Waals surface area contributed by atoms with Gasteiger partial charge >= 0.3 is 0 Å². The normalized spacial score (nSPS) is 11.2. The highest BCUT2D eigenvalue weighted by molar-refractivity contribution is 6.33. The molecule has 0 saturated heterocycles. The van der Waals surface area contributed by atoms with Crippen molar-refractivity contribution in [1.82, 2.24) is 14.4 Å². The van der Waals surface area contributed by atoms with Gasteiger partial charge in [-0.3, -0.25) is 4.40 Å². The summed E-state index contributed by atoms with van der Waals surface area (Å²) in [6.45, 7) is 1.97. The molecule has 25 heavy (non-hydrogen) atoms. The maximum atomic E-state index is 14.5. The van der Waals surface area contributed by atoms with Crippen molar-refractivity contribution in [2.75, 3.05) is 0 Å². The van der Waals surface area contributed by atoms with Crippen LogP contribution in [0.25, 0.3) is 28.2 Å². The number of fused-ring (bicyclic) bond motifs is 1. The van der Waals surface area contributed by atoms with E-state index in [-0.39, 0.29) is 16.3 Å². The van der Waals surface area contributed by atoms with E-state index in [4.69, 9.17) is 11.6 Å². The highest BCUT2D eigenvalue weighted by Crippen LogP contribution is 2.39. The van der Waals surface area contributed by atoms with Crippen molar-refractivity contribution in [1.29, 1.82) is 0 Å². The lowest BCUT2D eigenvalue weighted by Gasteiger charge is -2.15. The quantitative estimate of drug-likeness (QED) is 0.456. The number of rotatable bonds is 2. The van der Waals surface area contributed by atoms with E-state index in [1.54, 1.807) is 16.8 Å². The van der Waals surface area contributed by atoms with Gasteiger partial charge in [-0.05, 0) is 24.6 Å². The van der Waals surface area contributed by atoms with Gasteiger partial charge in [-0.25, -0.2) is 13.8 Å². The molecule has 0 amide bonds. The minimum Gasteiger partial charge on any atom is -0.283 e. The fourth-order valence-corrected chi connectivity index (χ4v) is 3.13. The summed E-state index contributed by atoms with van der Waals surface area (Å²) in [5.41, 5.74) is 2.37. The van der Waals surface area contributed by atoms with Crippen molar-refractivity contribution in [3.05, 3.63) is 77.2 Å². The number of hydrogen-bond donors (Lipinski definition) is 0. The van der Waals surface area contributed by atoms with Crippen LogP contribution in [0.5, 0.6) is 0 Å². The number of hydrogen-bond acceptors (Lipinski definition) is 2. The lowest BCUT2D eigenvalue weighted by atomic mass is 9.99. The predicted octanol–water partition coefficient (Wildman–Crippen LogP) is 5.30. The molecule has 4 rings (SSSR count). The van der Waals surface area contributed by atoms with Crippen LogP contribution in [0.15, 0.2) is 54.9 Å². The second-order valence-corrected chi connectivity index (χ2v) is 6.04. The second-order valence-electron chi connectivity index (χ2n) is 5.69. The number of aromatic nitrogens is 3. The van der Waals surface area contributed by atoms with Crippen LogP contribution in [-0.4, -0.2) is 14.4 Å². The second kappa shape index (κ2) is 5.93. The Balaban J connectivity index is 2.16. The van der Waals surface area contributed by atoms with E-state index >= 15 is 0 Å². The van der Waals surface area contributed by atoms with Gasteiger partial charge in [0.15, 0.2) is 0 Å². The van der Waals surface area contributed by atoms with Crippen LogP contribution < -0.4 is 0 Å². The average Bonchev–Trinajstić information content (AvgIpc) is 3.03. The first-order valence-electron chi connectivity index (χ1n) is 7.60. The molecule has 0 N–H and O–H groups in total. The van der Waals surface area contributed by atoms with E-state index < -0.39 is 11.6 Å². The summed E-state index contributed by atoms with van der Waals surface area (Å²) in [5, 5.41) is -0.00160. The third-order valence-corrected chi connectivity index (χ3v) is 4.31. The SMILES string of the molecule is Cc1ccc(-c2c(-c3c(F)cccc3F)c(Cl)nc3nccn23)cc1. The van der Waals surface area contributed by atoms with Crippen molar-refractivity contribution < 1.29 is 8.78 Å². The monoisotopic (exact) mass is 355 g/mol. The summed E-state index contributed by atoms with van der Waals surface area (Å²) in [6.07, 6.45) is 3.26. The summed E-state index contributed by atoms with van der Waals surface area (Å²) in [4.78, 5) is 8.32. The van der Waals surface area contributed by atoms with Gasteiger partial charge in [-0.1, -0.05) is 47.5 Å². The molecule has 2 aromatic heterocycles. The van der Waals surface area contributed by atoms with E-state index in [0.29, 0.717) is 11.5 Å². The summed E-state index contributed by atoms with van der Waals surface area (Å²) in [6, 6.07) is 11.3. The molecule has 2 aromatic carbocycles. The van der Waals surface area contributed by atoms with Gasteiger partial charge in [0.05, 0.1) is 11.3 Å². The van der Waals surface area contributed by atoms with Crippen molar-refractivity contribution in [3.8, 4) is 22.4 Å². The summed E-state index contributed by atoms with van der Waals surface area (Å²) in [5.74, 6) is -1.03. The molecular formula is C19H12ClF2N3. The van der Waals surface area contributed by atoms with E-state index in [2.05, 4.69) is 9.97 Å². The Hall–Kier alpha value is -2.79. The summed E-state index contributed by atoms with van der Waals surface area (Å²) in [7, 11) is 0. The molecule has 0 aliphatic rings. The lowest BCUT2D eigenvalue weighted by Crippen LogP contribution is -2.02. The van der Waals surface area contributed by atoms with Crippen LogP contribution in [0, 0.1) is 18.6 Å². The molecule has 6 heteroatoms. The third-order valence-electron chi connectivity index (χ3n) is 4.04. The van der Waals surface area contributed by atoms with Gasteiger partial charge in [0, 0.05) is 18.0 Å². The van der Waals surface area contributed by atoms with Gasteiger partial charge < -0.3 is 0 Å². The van der Waals surface area contributed by atoms with Crippen LogP contribution in [0.3, 0.4) is 0 Å².